The number of thioether (sulfide) groups is 1. The van der Waals surface area contributed by atoms with Crippen LogP contribution in [0.4, 0.5) is 0 Å². The van der Waals surface area contributed by atoms with Crippen LogP contribution in [-0.4, -0.2) is 57.4 Å². The second-order valence-corrected chi connectivity index (χ2v) is 8.38. The predicted octanol–water partition coefficient (Wildman–Crippen LogP) is 3.04. The van der Waals surface area contributed by atoms with Gasteiger partial charge >= 0.3 is 17.9 Å². The fourth-order valence-corrected chi connectivity index (χ4v) is 4.52. The van der Waals surface area contributed by atoms with E-state index in [0.29, 0.717) is 16.6 Å². The molecule has 0 aliphatic carbocycles. The summed E-state index contributed by atoms with van der Waals surface area (Å²) < 4.78 is 22.0. The van der Waals surface area contributed by atoms with Crippen LogP contribution in [0.5, 0.6) is 5.75 Å². The number of hydrogen-bond donors (Lipinski definition) is 0. The molecule has 0 spiro atoms. The van der Waals surface area contributed by atoms with Crippen molar-refractivity contribution >= 4 is 41.3 Å². The van der Waals surface area contributed by atoms with E-state index in [9.17, 15) is 14.4 Å². The predicted molar refractivity (Wildman–Crippen MR) is 116 cm³/mol. The van der Waals surface area contributed by atoms with Crippen molar-refractivity contribution in [2.24, 2.45) is 0 Å². The van der Waals surface area contributed by atoms with Crippen LogP contribution in [-0.2, 0) is 28.6 Å². The second kappa shape index (κ2) is 10.6. The molecule has 0 radical (unpaired) electrons. The fraction of sp³-hybridized carbons (Fsp3) is 0.381. The lowest BCUT2D eigenvalue weighted by atomic mass is 10.1. The normalized spacial score (nSPS) is 22.5. The van der Waals surface area contributed by atoms with E-state index in [0.717, 1.165) is 5.56 Å². The average Bonchev–Trinajstić information content (AvgIpc) is 2.72. The van der Waals surface area contributed by atoms with Crippen molar-refractivity contribution in [2.75, 3.05) is 5.75 Å². The van der Waals surface area contributed by atoms with Crippen LogP contribution < -0.4 is 4.74 Å². The van der Waals surface area contributed by atoms with Crippen LogP contribution in [0.25, 0.3) is 11.3 Å². The lowest BCUT2D eigenvalue weighted by Gasteiger charge is -2.39. The van der Waals surface area contributed by atoms with Crippen LogP contribution in [0.15, 0.2) is 36.7 Å². The number of esters is 3. The Bertz CT molecular complexity index is 988. The lowest BCUT2D eigenvalue weighted by molar-refractivity contribution is -0.186. The molecule has 0 bridgehead atoms. The minimum absolute atomic E-state index is 0.279. The molecule has 1 aliphatic rings. The molecule has 0 N–H and O–H groups in total. The summed E-state index contributed by atoms with van der Waals surface area (Å²) in [5, 5.41) is 0.353. The fourth-order valence-electron chi connectivity index (χ4n) is 3.13. The minimum Gasteiger partial charge on any atom is -0.474 e. The van der Waals surface area contributed by atoms with Gasteiger partial charge in [0.2, 0.25) is 0 Å². The summed E-state index contributed by atoms with van der Waals surface area (Å²) in [5.74, 6) is -1.04. The standard InChI is InChI=1S/C21H21ClN2O7S/c1-11(25)28-17-10-32-21(20(30-13(3)27)19(17)29-12(2)26)31-15-4-5-16(24-9-15)14-6-7-23-18(22)8-14/h4-9,17,19-21H,10H2,1-3H3/t17-,19+,20-,21-/m1/s1. The third kappa shape index (κ3) is 6.33. The molecule has 4 atom stereocenters. The number of ether oxygens (including phenoxy) is 4. The van der Waals surface area contributed by atoms with Crippen LogP contribution in [0.2, 0.25) is 5.15 Å². The van der Waals surface area contributed by atoms with Gasteiger partial charge in [-0.15, -0.1) is 11.8 Å². The molecule has 3 rings (SSSR count). The van der Waals surface area contributed by atoms with E-state index in [-0.39, 0.29) is 5.75 Å². The van der Waals surface area contributed by atoms with Crippen molar-refractivity contribution in [3.63, 3.8) is 0 Å². The van der Waals surface area contributed by atoms with Crippen molar-refractivity contribution in [2.45, 2.75) is 44.5 Å². The molecule has 0 unspecified atom stereocenters. The SMILES string of the molecule is CC(=O)O[C@@H]1[C@@H](OC(C)=O)[C@H](OC(C)=O)CS[C@H]1Oc1ccc(-c2ccnc(Cl)c2)nc1. The van der Waals surface area contributed by atoms with Crippen molar-refractivity contribution in [1.29, 1.82) is 0 Å². The Hall–Kier alpha value is -2.85. The number of hydrogen-bond acceptors (Lipinski definition) is 10. The summed E-state index contributed by atoms with van der Waals surface area (Å²) in [6.45, 7) is 3.71. The van der Waals surface area contributed by atoms with Gasteiger partial charge in [0.05, 0.1) is 11.9 Å². The van der Waals surface area contributed by atoms with Gasteiger partial charge in [-0.1, -0.05) is 11.6 Å². The first kappa shape index (κ1) is 23.8. The Kier molecular flexibility index (Phi) is 7.92. The first-order valence-electron chi connectivity index (χ1n) is 9.61. The molecular weight excluding hydrogens is 460 g/mol. The Morgan fingerprint density at radius 3 is 2.25 bits per heavy atom. The van der Waals surface area contributed by atoms with E-state index in [1.54, 1.807) is 30.5 Å². The van der Waals surface area contributed by atoms with Crippen molar-refractivity contribution < 1.29 is 33.3 Å². The molecule has 32 heavy (non-hydrogen) atoms. The largest absolute Gasteiger partial charge is 0.474 e. The van der Waals surface area contributed by atoms with Crippen LogP contribution in [0.3, 0.4) is 0 Å². The van der Waals surface area contributed by atoms with Gasteiger partial charge in [-0.25, -0.2) is 4.98 Å². The monoisotopic (exact) mass is 480 g/mol. The van der Waals surface area contributed by atoms with Gasteiger partial charge in [-0.2, -0.15) is 0 Å². The Balaban J connectivity index is 1.81. The van der Waals surface area contributed by atoms with Crippen molar-refractivity contribution in [1.82, 2.24) is 9.97 Å². The maximum atomic E-state index is 11.7. The summed E-state index contributed by atoms with van der Waals surface area (Å²) in [5.41, 5.74) is 0.737. The number of halogens is 1. The molecule has 9 nitrogen and oxygen atoms in total. The van der Waals surface area contributed by atoms with Gasteiger partial charge in [-0.05, 0) is 24.3 Å². The molecule has 0 saturated carbocycles. The Morgan fingerprint density at radius 2 is 1.66 bits per heavy atom. The first-order chi connectivity index (χ1) is 15.2. The number of nitrogens with zero attached hydrogens (tertiary/aromatic N) is 2. The zero-order valence-corrected chi connectivity index (χ0v) is 19.1. The van der Waals surface area contributed by atoms with Crippen LogP contribution in [0.1, 0.15) is 20.8 Å². The van der Waals surface area contributed by atoms with E-state index in [4.69, 9.17) is 30.5 Å². The summed E-state index contributed by atoms with van der Waals surface area (Å²) in [7, 11) is 0. The zero-order chi connectivity index (χ0) is 23.3. The highest BCUT2D eigenvalue weighted by molar-refractivity contribution is 7.99. The molecule has 0 aromatic carbocycles. The highest BCUT2D eigenvalue weighted by Gasteiger charge is 2.47. The van der Waals surface area contributed by atoms with Crippen LogP contribution >= 0.6 is 23.4 Å². The molecule has 2 aromatic rings. The smallest absolute Gasteiger partial charge is 0.303 e. The minimum atomic E-state index is -1.02. The van der Waals surface area contributed by atoms with Gasteiger partial charge in [0.15, 0.2) is 23.7 Å². The molecule has 11 heteroatoms. The molecule has 170 valence electrons. The number of carbonyl (C=O) groups excluding carboxylic acids is 3. The highest BCUT2D eigenvalue weighted by atomic mass is 35.5. The highest BCUT2D eigenvalue weighted by Crippen LogP contribution is 2.34. The molecule has 1 aliphatic heterocycles. The van der Waals surface area contributed by atoms with Gasteiger partial charge in [0.25, 0.3) is 0 Å². The van der Waals surface area contributed by atoms with E-state index >= 15 is 0 Å². The van der Waals surface area contributed by atoms with E-state index in [1.165, 1.54) is 38.7 Å². The first-order valence-corrected chi connectivity index (χ1v) is 11.0. The Morgan fingerprint density at radius 1 is 0.969 bits per heavy atom. The molecule has 1 fully saturated rings. The van der Waals surface area contributed by atoms with Gasteiger partial charge in [0, 0.05) is 38.3 Å². The Labute approximate surface area is 193 Å². The number of rotatable bonds is 6. The van der Waals surface area contributed by atoms with E-state index < -0.39 is 41.7 Å². The zero-order valence-electron chi connectivity index (χ0n) is 17.5. The quantitative estimate of drug-likeness (QED) is 0.347. The van der Waals surface area contributed by atoms with Crippen molar-refractivity contribution in [3.05, 3.63) is 41.8 Å². The van der Waals surface area contributed by atoms with Gasteiger partial charge < -0.3 is 18.9 Å². The summed E-state index contributed by atoms with van der Waals surface area (Å²) in [6.07, 6.45) is 0.299. The summed E-state index contributed by atoms with van der Waals surface area (Å²) >= 11 is 7.20. The number of pyridine rings is 2. The third-order valence-corrected chi connectivity index (χ3v) is 5.74. The third-order valence-electron chi connectivity index (χ3n) is 4.32. The van der Waals surface area contributed by atoms with E-state index in [2.05, 4.69) is 9.97 Å². The molecule has 3 heterocycles. The molecule has 1 saturated heterocycles. The lowest BCUT2D eigenvalue weighted by Crippen LogP contribution is -2.55. The summed E-state index contributed by atoms with van der Waals surface area (Å²) in [4.78, 5) is 43.2. The second-order valence-electron chi connectivity index (χ2n) is 6.86. The van der Waals surface area contributed by atoms with E-state index in [1.807, 2.05) is 0 Å². The summed E-state index contributed by atoms with van der Waals surface area (Å²) in [6, 6.07) is 6.93. The maximum absolute atomic E-state index is 11.7. The molecule has 2 aromatic heterocycles. The molecule has 0 amide bonds. The number of carbonyl (C=O) groups is 3. The topological polar surface area (TPSA) is 114 Å². The maximum Gasteiger partial charge on any atom is 0.303 e. The number of aromatic nitrogens is 2. The van der Waals surface area contributed by atoms with Crippen LogP contribution in [0, 0.1) is 0 Å². The average molecular weight is 481 g/mol. The van der Waals surface area contributed by atoms with Gasteiger partial charge in [0.1, 0.15) is 10.9 Å². The van der Waals surface area contributed by atoms with Gasteiger partial charge in [-0.3, -0.25) is 19.4 Å². The van der Waals surface area contributed by atoms with Crippen molar-refractivity contribution in [3.8, 4) is 17.0 Å². The molecular formula is C21H21ClN2O7S.